The highest BCUT2D eigenvalue weighted by Crippen LogP contribution is 2.66. The van der Waals surface area contributed by atoms with Crippen molar-refractivity contribution in [1.29, 1.82) is 0 Å². The fraction of sp³-hybridized carbons (Fsp3) is 0.864. The maximum absolute atomic E-state index is 11.8. The fourth-order valence-electron chi connectivity index (χ4n) is 7.75. The molecule has 2 aliphatic heterocycles. The first-order valence-corrected chi connectivity index (χ1v) is 10.6. The van der Waals surface area contributed by atoms with Crippen LogP contribution in [-0.4, -0.2) is 24.2 Å². The number of hydrogen-bond acceptors (Lipinski definition) is 2. The van der Waals surface area contributed by atoms with E-state index in [0.717, 1.165) is 30.1 Å². The molecule has 9 atom stereocenters. The molecule has 0 bridgehead atoms. The van der Waals surface area contributed by atoms with Crippen molar-refractivity contribution in [3.63, 3.8) is 0 Å². The Morgan fingerprint density at radius 1 is 1.12 bits per heavy atom. The smallest absolute Gasteiger partial charge is 0.243 e. The minimum atomic E-state index is 0.110. The van der Waals surface area contributed by atoms with Crippen LogP contribution in [0.15, 0.2) is 12.2 Å². The topological polar surface area (TPSA) is 41.6 Å². The van der Waals surface area contributed by atoms with Gasteiger partial charge < -0.3 is 10.1 Å². The molecule has 25 heavy (non-hydrogen) atoms. The molecule has 0 aromatic rings. The molecule has 3 heteroatoms. The van der Waals surface area contributed by atoms with Crippen LogP contribution < -0.4 is 5.32 Å². The summed E-state index contributed by atoms with van der Waals surface area (Å²) in [4.78, 5) is 11.8. The van der Waals surface area contributed by atoms with E-state index in [1.54, 1.807) is 6.08 Å². The number of fused-ring (bicyclic) bond motifs is 5. The van der Waals surface area contributed by atoms with Crippen LogP contribution in [0, 0.1) is 34.5 Å². The second kappa shape index (κ2) is 5.34. The van der Waals surface area contributed by atoms with Gasteiger partial charge in [-0.2, -0.15) is 0 Å². The van der Waals surface area contributed by atoms with Crippen LogP contribution in [0.3, 0.4) is 0 Å². The van der Waals surface area contributed by atoms with Crippen molar-refractivity contribution in [3.8, 4) is 0 Å². The first-order chi connectivity index (χ1) is 12.0. The van der Waals surface area contributed by atoms with Crippen molar-refractivity contribution in [2.75, 3.05) is 0 Å². The Kier molecular flexibility index (Phi) is 3.49. The van der Waals surface area contributed by atoms with Gasteiger partial charge in [0.2, 0.25) is 5.91 Å². The Morgan fingerprint density at radius 3 is 2.68 bits per heavy atom. The Morgan fingerprint density at radius 2 is 1.92 bits per heavy atom. The molecule has 1 amide bonds. The van der Waals surface area contributed by atoms with Crippen LogP contribution in [0.25, 0.3) is 0 Å². The van der Waals surface area contributed by atoms with E-state index in [2.05, 4.69) is 32.2 Å². The molecule has 3 saturated carbocycles. The minimum absolute atomic E-state index is 0.110. The molecule has 0 aromatic heterocycles. The Hall–Kier alpha value is -0.830. The molecule has 5 aliphatic rings. The summed E-state index contributed by atoms with van der Waals surface area (Å²) in [5.41, 5.74) is 0.652. The second-order valence-corrected chi connectivity index (χ2v) is 9.99. The highest BCUT2D eigenvalue weighted by molar-refractivity contribution is 5.89. The summed E-state index contributed by atoms with van der Waals surface area (Å²) in [5.74, 6) is 3.33. The SMILES string of the molecule is CCC1OC1C1CCC2C3CC[C@H]4NC(=O)C=C[C@]4(C)C3CC[C@@]21C. The third-order valence-electron chi connectivity index (χ3n) is 9.18. The first kappa shape index (κ1) is 16.4. The fourth-order valence-corrected chi connectivity index (χ4v) is 7.75. The van der Waals surface area contributed by atoms with Crippen LogP contribution in [0.2, 0.25) is 0 Å². The van der Waals surface area contributed by atoms with Gasteiger partial charge in [0, 0.05) is 11.5 Å². The van der Waals surface area contributed by atoms with Gasteiger partial charge in [-0.3, -0.25) is 4.79 Å². The summed E-state index contributed by atoms with van der Waals surface area (Å²) in [6, 6.07) is 0.351. The summed E-state index contributed by atoms with van der Waals surface area (Å²) in [6.45, 7) is 7.27. The van der Waals surface area contributed by atoms with Gasteiger partial charge >= 0.3 is 0 Å². The molecule has 0 spiro atoms. The molecule has 6 unspecified atom stereocenters. The maximum atomic E-state index is 11.8. The van der Waals surface area contributed by atoms with Gasteiger partial charge in [-0.1, -0.05) is 26.8 Å². The van der Waals surface area contributed by atoms with E-state index in [0.29, 0.717) is 23.7 Å². The van der Waals surface area contributed by atoms with Crippen molar-refractivity contribution >= 4 is 5.91 Å². The molecule has 1 N–H and O–H groups in total. The van der Waals surface area contributed by atoms with E-state index in [1.807, 2.05) is 0 Å². The predicted molar refractivity (Wildman–Crippen MR) is 97.9 cm³/mol. The summed E-state index contributed by atoms with van der Waals surface area (Å²) in [5, 5.41) is 3.27. The lowest BCUT2D eigenvalue weighted by atomic mass is 9.47. The second-order valence-electron chi connectivity index (χ2n) is 9.99. The number of carbonyl (C=O) groups is 1. The molecule has 3 aliphatic carbocycles. The number of epoxide rings is 1. The van der Waals surface area contributed by atoms with Gasteiger partial charge in [0.1, 0.15) is 0 Å². The van der Waals surface area contributed by atoms with Crippen molar-refractivity contribution in [1.82, 2.24) is 5.32 Å². The third kappa shape index (κ3) is 2.17. The number of amides is 1. The standard InChI is InChI=1S/C22H33NO2/c1-4-17-20(25-17)16-7-6-14-13-5-8-18-22(3,12-10-19(24)23-18)15(13)9-11-21(14,16)2/h10,12-18,20H,4-9,11H2,1-3H3,(H,23,24)/t13?,14?,15?,16?,17?,18-,20?,21+,22-/m1/s1. The molecular formula is C22H33NO2. The van der Waals surface area contributed by atoms with Crippen molar-refractivity contribution in [3.05, 3.63) is 12.2 Å². The van der Waals surface area contributed by atoms with Gasteiger partial charge in [0.05, 0.1) is 12.2 Å². The Labute approximate surface area is 152 Å². The molecule has 138 valence electrons. The summed E-state index contributed by atoms with van der Waals surface area (Å²) in [7, 11) is 0. The largest absolute Gasteiger partial charge is 0.369 e. The molecule has 5 rings (SSSR count). The van der Waals surface area contributed by atoms with E-state index in [4.69, 9.17) is 4.74 Å². The highest BCUT2D eigenvalue weighted by Gasteiger charge is 2.63. The average molecular weight is 344 g/mol. The van der Waals surface area contributed by atoms with Gasteiger partial charge in [0.15, 0.2) is 0 Å². The quantitative estimate of drug-likeness (QED) is 0.768. The van der Waals surface area contributed by atoms with E-state index in [9.17, 15) is 4.79 Å². The van der Waals surface area contributed by atoms with Crippen LogP contribution in [0.5, 0.6) is 0 Å². The number of rotatable bonds is 2. The number of carbonyl (C=O) groups excluding carboxylic acids is 1. The van der Waals surface area contributed by atoms with Gasteiger partial charge in [-0.15, -0.1) is 0 Å². The summed E-state index contributed by atoms with van der Waals surface area (Å²) >= 11 is 0. The van der Waals surface area contributed by atoms with Crippen molar-refractivity contribution in [2.45, 2.75) is 84.0 Å². The molecule has 0 radical (unpaired) electrons. The zero-order valence-electron chi connectivity index (χ0n) is 16.0. The van der Waals surface area contributed by atoms with E-state index in [-0.39, 0.29) is 11.3 Å². The third-order valence-corrected chi connectivity index (χ3v) is 9.18. The molecule has 4 fully saturated rings. The van der Waals surface area contributed by atoms with Crippen LogP contribution >= 0.6 is 0 Å². The number of ether oxygens (including phenoxy) is 1. The first-order valence-electron chi connectivity index (χ1n) is 10.6. The maximum Gasteiger partial charge on any atom is 0.243 e. The average Bonchev–Trinajstić information content (AvgIpc) is 3.28. The molecular weight excluding hydrogens is 310 g/mol. The lowest BCUT2D eigenvalue weighted by Crippen LogP contribution is -2.59. The molecule has 3 nitrogen and oxygen atoms in total. The van der Waals surface area contributed by atoms with Crippen LogP contribution in [0.4, 0.5) is 0 Å². The molecule has 2 heterocycles. The zero-order valence-corrected chi connectivity index (χ0v) is 16.0. The highest BCUT2D eigenvalue weighted by atomic mass is 16.6. The zero-order chi connectivity index (χ0) is 17.4. The minimum Gasteiger partial charge on any atom is -0.369 e. The van der Waals surface area contributed by atoms with E-state index in [1.165, 1.54) is 38.5 Å². The van der Waals surface area contributed by atoms with Crippen molar-refractivity contribution in [2.24, 2.45) is 34.5 Å². The number of hydrogen-bond donors (Lipinski definition) is 1. The monoisotopic (exact) mass is 343 g/mol. The summed E-state index contributed by atoms with van der Waals surface area (Å²) < 4.78 is 6.06. The van der Waals surface area contributed by atoms with E-state index < -0.39 is 0 Å². The normalized spacial score (nSPS) is 56.6. The lowest BCUT2D eigenvalue weighted by molar-refractivity contribution is -0.122. The van der Waals surface area contributed by atoms with Crippen LogP contribution in [0.1, 0.15) is 65.7 Å². The predicted octanol–water partition coefficient (Wildman–Crippen LogP) is 4.08. The summed E-state index contributed by atoms with van der Waals surface area (Å²) in [6.07, 6.45) is 14.2. The number of nitrogens with one attached hydrogen (secondary N) is 1. The van der Waals surface area contributed by atoms with Gasteiger partial charge in [0.25, 0.3) is 0 Å². The van der Waals surface area contributed by atoms with Gasteiger partial charge in [-0.25, -0.2) is 0 Å². The molecule has 0 aromatic carbocycles. The van der Waals surface area contributed by atoms with Crippen LogP contribution in [-0.2, 0) is 9.53 Å². The van der Waals surface area contributed by atoms with Crippen molar-refractivity contribution < 1.29 is 9.53 Å². The van der Waals surface area contributed by atoms with E-state index >= 15 is 0 Å². The molecule has 1 saturated heterocycles. The Balaban J connectivity index is 1.42. The lowest BCUT2D eigenvalue weighted by Gasteiger charge is -2.58. The van der Waals surface area contributed by atoms with Gasteiger partial charge in [-0.05, 0) is 80.1 Å². The Bertz CT molecular complexity index is 615.